The van der Waals surface area contributed by atoms with Gasteiger partial charge in [-0.15, -0.1) is 0 Å². The molecular formula is C26H50O10S2. The Labute approximate surface area is 230 Å². The van der Waals surface area contributed by atoms with Gasteiger partial charge in [-0.25, -0.2) is 0 Å². The molecule has 0 rings (SSSR count). The molecule has 0 radical (unpaired) electrons. The van der Waals surface area contributed by atoms with Gasteiger partial charge >= 0.3 is 22.1 Å². The lowest BCUT2D eigenvalue weighted by molar-refractivity contribution is -0.148. The van der Waals surface area contributed by atoms with Crippen LogP contribution < -0.4 is 0 Å². The smallest absolute Gasteiger partial charge is 0.328 e. The van der Waals surface area contributed by atoms with E-state index in [1.165, 1.54) is 0 Å². The van der Waals surface area contributed by atoms with Crippen molar-refractivity contribution in [3.8, 4) is 0 Å². The molecule has 4 atom stereocenters. The molecule has 0 aliphatic carbocycles. The number of ether oxygens (including phenoxy) is 2. The number of carbonyl (C=O) groups excluding carboxylic acids is 2. The summed E-state index contributed by atoms with van der Waals surface area (Å²) in [6.45, 7) is 8.24. The molecule has 0 spiro atoms. The highest BCUT2D eigenvalue weighted by molar-refractivity contribution is 7.87. The monoisotopic (exact) mass is 586 g/mol. The molecule has 4 unspecified atom stereocenters. The van der Waals surface area contributed by atoms with Gasteiger partial charge in [-0.1, -0.05) is 85.5 Å². The number of hydrogen-bond acceptors (Lipinski definition) is 8. The lowest BCUT2D eigenvalue weighted by Gasteiger charge is -2.25. The number of unbranched alkanes of at least 4 members (excludes halogenated alkanes) is 6. The predicted molar refractivity (Wildman–Crippen MR) is 147 cm³/mol. The van der Waals surface area contributed by atoms with Crippen LogP contribution in [-0.2, 0) is 39.3 Å². The predicted octanol–water partition coefficient (Wildman–Crippen LogP) is 5.71. The Kier molecular flexibility index (Phi) is 19.1. The molecule has 0 aliphatic heterocycles. The van der Waals surface area contributed by atoms with Crippen LogP contribution in [0.5, 0.6) is 0 Å². The van der Waals surface area contributed by atoms with Gasteiger partial charge < -0.3 is 9.47 Å². The largest absolute Gasteiger partial charge is 0.465 e. The Balaban J connectivity index is 4.66. The summed E-state index contributed by atoms with van der Waals surface area (Å²) in [5.41, 5.74) is -1.89. The van der Waals surface area contributed by atoms with Gasteiger partial charge in [0.1, 0.15) is 0 Å². The van der Waals surface area contributed by atoms with E-state index in [9.17, 15) is 35.5 Å². The van der Waals surface area contributed by atoms with Gasteiger partial charge in [0.25, 0.3) is 10.1 Å². The van der Waals surface area contributed by atoms with E-state index in [1.807, 2.05) is 6.92 Å². The molecule has 0 bridgehead atoms. The third kappa shape index (κ3) is 16.0. The fourth-order valence-corrected chi connectivity index (χ4v) is 6.08. The van der Waals surface area contributed by atoms with Crippen molar-refractivity contribution in [2.24, 2.45) is 11.8 Å². The standard InChI is InChI=1S/C26H50O10S2/c1-5-9-16-21(7-3)20-35-24(27)19-15-13-11-12-14-18-23(37(29,30)31)25(28)36-26(38(32,33)34)22(8-4)17-10-6-2/h21-23,26H,5-20H2,1-4H3,(H,29,30,31)(H,32,33,34). The van der Waals surface area contributed by atoms with Gasteiger partial charge in [-0.3, -0.25) is 18.7 Å². The van der Waals surface area contributed by atoms with Crippen LogP contribution in [-0.4, -0.2) is 55.2 Å². The second-order valence-electron chi connectivity index (χ2n) is 10.0. The van der Waals surface area contributed by atoms with E-state index in [2.05, 4.69) is 13.8 Å². The Morgan fingerprint density at radius 2 is 1.29 bits per heavy atom. The summed E-state index contributed by atoms with van der Waals surface area (Å²) in [5.74, 6) is -1.94. The van der Waals surface area contributed by atoms with Crippen molar-refractivity contribution in [3.63, 3.8) is 0 Å². The quantitative estimate of drug-likeness (QED) is 0.0862. The zero-order valence-corrected chi connectivity index (χ0v) is 25.2. The summed E-state index contributed by atoms with van der Waals surface area (Å²) in [4.78, 5) is 24.5. The van der Waals surface area contributed by atoms with Crippen LogP contribution in [0.2, 0.25) is 0 Å². The molecule has 0 aliphatic rings. The van der Waals surface area contributed by atoms with Crippen LogP contribution in [0.25, 0.3) is 0 Å². The van der Waals surface area contributed by atoms with E-state index in [-0.39, 0.29) is 18.8 Å². The minimum atomic E-state index is -4.85. The molecule has 0 saturated carbocycles. The SMILES string of the molecule is CCCCC(CC)COC(=O)CCCCCCCC(C(=O)OC(C(CC)CCCC)S(=O)(=O)O)S(=O)(=O)O. The lowest BCUT2D eigenvalue weighted by atomic mass is 10.0. The van der Waals surface area contributed by atoms with E-state index in [4.69, 9.17) is 9.47 Å². The molecule has 0 aromatic rings. The molecule has 0 heterocycles. The molecule has 0 aromatic heterocycles. The highest BCUT2D eigenvalue weighted by Crippen LogP contribution is 2.25. The summed E-state index contributed by atoms with van der Waals surface area (Å²) < 4.78 is 76.9. The summed E-state index contributed by atoms with van der Waals surface area (Å²) in [7, 11) is -9.64. The zero-order chi connectivity index (χ0) is 29.2. The van der Waals surface area contributed by atoms with Gasteiger partial charge in [0, 0.05) is 12.3 Å². The molecule has 0 fully saturated rings. The third-order valence-electron chi connectivity index (χ3n) is 6.86. The van der Waals surface area contributed by atoms with Crippen molar-refractivity contribution >= 4 is 32.2 Å². The first-order valence-corrected chi connectivity index (χ1v) is 17.1. The van der Waals surface area contributed by atoms with Gasteiger partial charge in [0.2, 0.25) is 5.44 Å². The van der Waals surface area contributed by atoms with Crippen LogP contribution in [0.1, 0.15) is 124 Å². The lowest BCUT2D eigenvalue weighted by Crippen LogP contribution is -2.40. The van der Waals surface area contributed by atoms with Gasteiger partial charge in [-0.2, -0.15) is 16.8 Å². The summed E-state index contributed by atoms with van der Waals surface area (Å²) >= 11 is 0. The van der Waals surface area contributed by atoms with E-state index >= 15 is 0 Å². The average Bonchev–Trinajstić information content (AvgIpc) is 2.83. The maximum Gasteiger partial charge on any atom is 0.328 e. The highest BCUT2D eigenvalue weighted by Gasteiger charge is 2.39. The molecular weight excluding hydrogens is 536 g/mol. The Morgan fingerprint density at radius 1 is 0.711 bits per heavy atom. The number of hydrogen-bond donors (Lipinski definition) is 2. The van der Waals surface area contributed by atoms with Crippen LogP contribution in [0.3, 0.4) is 0 Å². The molecule has 12 heteroatoms. The minimum absolute atomic E-state index is 0.230. The van der Waals surface area contributed by atoms with E-state index in [1.54, 1.807) is 6.92 Å². The fourth-order valence-electron chi connectivity index (χ4n) is 4.29. The first-order valence-electron chi connectivity index (χ1n) is 14.1. The second-order valence-corrected chi connectivity index (χ2v) is 13.1. The van der Waals surface area contributed by atoms with Crippen molar-refractivity contribution in [3.05, 3.63) is 0 Å². The molecule has 0 aromatic carbocycles. The highest BCUT2D eigenvalue weighted by atomic mass is 32.2. The van der Waals surface area contributed by atoms with Gasteiger partial charge in [0.15, 0.2) is 5.25 Å². The van der Waals surface area contributed by atoms with E-state index in [0.717, 1.165) is 32.1 Å². The van der Waals surface area contributed by atoms with E-state index < -0.39 is 42.8 Å². The van der Waals surface area contributed by atoms with E-state index in [0.29, 0.717) is 63.9 Å². The number of rotatable bonds is 23. The van der Waals surface area contributed by atoms with Crippen LogP contribution in [0.15, 0.2) is 0 Å². The van der Waals surface area contributed by atoms with Crippen LogP contribution >= 0.6 is 0 Å². The summed E-state index contributed by atoms with van der Waals surface area (Å²) in [5, 5.41) is -1.94. The summed E-state index contributed by atoms with van der Waals surface area (Å²) in [6, 6.07) is 0. The van der Waals surface area contributed by atoms with Crippen molar-refractivity contribution < 1.29 is 45.0 Å². The van der Waals surface area contributed by atoms with Gasteiger partial charge in [-0.05, 0) is 38.0 Å². The topological polar surface area (TPSA) is 161 Å². The second kappa shape index (κ2) is 19.8. The van der Waals surface area contributed by atoms with Crippen molar-refractivity contribution in [1.29, 1.82) is 0 Å². The average molecular weight is 587 g/mol. The van der Waals surface area contributed by atoms with Crippen LogP contribution in [0.4, 0.5) is 0 Å². The van der Waals surface area contributed by atoms with Gasteiger partial charge in [0.05, 0.1) is 6.61 Å². The Bertz CT molecular complexity index is 870. The maximum atomic E-state index is 12.6. The number of esters is 2. The molecule has 2 N–H and O–H groups in total. The van der Waals surface area contributed by atoms with Crippen molar-refractivity contribution in [2.75, 3.05) is 6.61 Å². The summed E-state index contributed by atoms with van der Waals surface area (Å²) in [6.07, 6.45) is 9.18. The number of carbonyl (C=O) groups is 2. The van der Waals surface area contributed by atoms with Crippen LogP contribution in [0, 0.1) is 11.8 Å². The Morgan fingerprint density at radius 3 is 1.82 bits per heavy atom. The first kappa shape index (κ1) is 36.8. The third-order valence-corrected chi connectivity index (χ3v) is 9.07. The van der Waals surface area contributed by atoms with Crippen molar-refractivity contribution in [2.45, 2.75) is 135 Å². The zero-order valence-electron chi connectivity index (χ0n) is 23.6. The molecule has 10 nitrogen and oxygen atoms in total. The Hall–Kier alpha value is -1.24. The first-order chi connectivity index (χ1) is 17.8. The molecule has 0 saturated heterocycles. The maximum absolute atomic E-state index is 12.6. The fraction of sp³-hybridized carbons (Fsp3) is 0.923. The normalized spacial score (nSPS) is 15.4. The molecule has 0 amide bonds. The van der Waals surface area contributed by atoms with Crippen molar-refractivity contribution in [1.82, 2.24) is 0 Å². The molecule has 38 heavy (non-hydrogen) atoms. The molecule has 226 valence electrons. The minimum Gasteiger partial charge on any atom is -0.465 e.